The molecule has 6 nitrogen and oxygen atoms in total. The Kier molecular flexibility index (Phi) is 4.84. The fourth-order valence-electron chi connectivity index (χ4n) is 4.28. The molecule has 3 amide bonds. The summed E-state index contributed by atoms with van der Waals surface area (Å²) in [6, 6.07) is 7.16. The van der Waals surface area contributed by atoms with E-state index in [0.29, 0.717) is 27.3 Å². The van der Waals surface area contributed by atoms with Gasteiger partial charge in [-0.1, -0.05) is 18.5 Å². The number of rotatable bonds is 4. The van der Waals surface area contributed by atoms with Crippen LogP contribution in [0.2, 0.25) is 5.02 Å². The molecule has 4 rings (SSSR count). The minimum atomic E-state index is -0.490. The minimum absolute atomic E-state index is 0.220. The van der Waals surface area contributed by atoms with Gasteiger partial charge in [0.05, 0.1) is 5.56 Å². The largest absolute Gasteiger partial charge is 0.365 e. The second-order valence-electron chi connectivity index (χ2n) is 6.87. The fourth-order valence-corrected chi connectivity index (χ4v) is 5.74. The molecule has 2 bridgehead atoms. The molecule has 0 spiro atoms. The molecular formula is C19H21ClN4O2S. The molecule has 1 aromatic carbocycles. The van der Waals surface area contributed by atoms with Crippen molar-refractivity contribution in [1.82, 2.24) is 4.90 Å². The van der Waals surface area contributed by atoms with Crippen LogP contribution in [0.25, 0.3) is 0 Å². The predicted octanol–water partition coefficient (Wildman–Crippen LogP) is 4.23. The van der Waals surface area contributed by atoms with Gasteiger partial charge >= 0.3 is 6.03 Å². The van der Waals surface area contributed by atoms with Crippen molar-refractivity contribution in [3.05, 3.63) is 45.3 Å². The predicted molar refractivity (Wildman–Crippen MR) is 109 cm³/mol. The summed E-state index contributed by atoms with van der Waals surface area (Å²) < 4.78 is 0. The lowest BCUT2D eigenvalue weighted by Crippen LogP contribution is -2.37. The van der Waals surface area contributed by atoms with Crippen LogP contribution in [-0.4, -0.2) is 29.4 Å². The molecule has 3 heterocycles. The number of nitrogens with one attached hydrogen (secondary N) is 2. The summed E-state index contributed by atoms with van der Waals surface area (Å²) in [5.74, 6) is -0.490. The second-order valence-corrected chi connectivity index (χ2v) is 8.42. The standard InChI is InChI=1S/C19H21ClN4O2S/c1-2-24-12-7-8-13(24)15-14(9-12)27-18(16(15)17(21)25)23-19(26)22-11-5-3-10(20)4-6-11/h3-6,12-13H,2,7-9H2,1H3,(H2,21,25)(H2,22,23,26)/t12-,13+/m0/s1. The van der Waals surface area contributed by atoms with Gasteiger partial charge in [0.2, 0.25) is 0 Å². The smallest absolute Gasteiger partial charge is 0.324 e. The van der Waals surface area contributed by atoms with E-state index in [4.69, 9.17) is 17.3 Å². The van der Waals surface area contributed by atoms with Crippen molar-refractivity contribution in [2.24, 2.45) is 5.73 Å². The van der Waals surface area contributed by atoms with Gasteiger partial charge in [-0.25, -0.2) is 4.79 Å². The van der Waals surface area contributed by atoms with Crippen molar-refractivity contribution in [2.75, 3.05) is 17.2 Å². The van der Waals surface area contributed by atoms with Crippen LogP contribution in [0.1, 0.15) is 46.6 Å². The first-order chi connectivity index (χ1) is 13.0. The van der Waals surface area contributed by atoms with Gasteiger partial charge in [-0.15, -0.1) is 11.3 Å². The quantitative estimate of drug-likeness (QED) is 0.712. The molecule has 1 saturated heterocycles. The Morgan fingerprint density at radius 2 is 2.00 bits per heavy atom. The number of nitrogens with zero attached hydrogens (tertiary/aromatic N) is 1. The van der Waals surface area contributed by atoms with Crippen molar-refractivity contribution in [3.63, 3.8) is 0 Å². The van der Waals surface area contributed by atoms with E-state index in [9.17, 15) is 9.59 Å². The highest BCUT2D eigenvalue weighted by atomic mass is 35.5. The van der Waals surface area contributed by atoms with Gasteiger partial charge in [0.15, 0.2) is 0 Å². The molecule has 0 unspecified atom stereocenters. The number of carbonyl (C=O) groups excluding carboxylic acids is 2. The van der Waals surface area contributed by atoms with E-state index in [1.807, 2.05) is 0 Å². The Labute approximate surface area is 166 Å². The molecule has 1 fully saturated rings. The van der Waals surface area contributed by atoms with E-state index >= 15 is 0 Å². The average molecular weight is 405 g/mol. The summed E-state index contributed by atoms with van der Waals surface area (Å²) in [5, 5.41) is 6.70. The van der Waals surface area contributed by atoms with E-state index in [1.54, 1.807) is 24.3 Å². The number of anilines is 2. The molecule has 2 aromatic rings. The summed E-state index contributed by atoms with van der Waals surface area (Å²) in [6.45, 7) is 3.09. The zero-order chi connectivity index (χ0) is 19.1. The van der Waals surface area contributed by atoms with Gasteiger partial charge < -0.3 is 11.1 Å². The Morgan fingerprint density at radius 3 is 2.67 bits per heavy atom. The molecule has 0 radical (unpaired) electrons. The first kappa shape index (κ1) is 18.3. The monoisotopic (exact) mass is 404 g/mol. The first-order valence-electron chi connectivity index (χ1n) is 9.02. The van der Waals surface area contributed by atoms with Crippen LogP contribution in [0, 0.1) is 0 Å². The van der Waals surface area contributed by atoms with E-state index < -0.39 is 11.9 Å². The maximum absolute atomic E-state index is 12.4. The van der Waals surface area contributed by atoms with Crippen LogP contribution in [0.4, 0.5) is 15.5 Å². The summed E-state index contributed by atoms with van der Waals surface area (Å²) in [7, 11) is 0. The fraction of sp³-hybridized carbons (Fsp3) is 0.368. The number of halogens is 1. The molecule has 1 aromatic heterocycles. The molecule has 2 aliphatic heterocycles. The Bertz CT molecular complexity index is 896. The maximum Gasteiger partial charge on any atom is 0.324 e. The number of amides is 3. The van der Waals surface area contributed by atoms with Crippen LogP contribution in [0.5, 0.6) is 0 Å². The van der Waals surface area contributed by atoms with Crippen LogP contribution >= 0.6 is 22.9 Å². The minimum Gasteiger partial charge on any atom is -0.365 e. The van der Waals surface area contributed by atoms with Gasteiger partial charge in [0.25, 0.3) is 5.91 Å². The summed E-state index contributed by atoms with van der Waals surface area (Å²) >= 11 is 7.34. The lowest BCUT2D eigenvalue weighted by Gasteiger charge is -2.34. The second kappa shape index (κ2) is 7.14. The van der Waals surface area contributed by atoms with Gasteiger partial charge in [0, 0.05) is 27.7 Å². The Balaban J connectivity index is 1.61. The van der Waals surface area contributed by atoms with Crippen molar-refractivity contribution < 1.29 is 9.59 Å². The zero-order valence-corrected chi connectivity index (χ0v) is 16.5. The number of carbonyl (C=O) groups is 2. The lowest BCUT2D eigenvalue weighted by molar-refractivity contribution is 0.0996. The van der Waals surface area contributed by atoms with Crippen LogP contribution in [0.15, 0.2) is 24.3 Å². The lowest BCUT2D eigenvalue weighted by atomic mass is 9.96. The highest BCUT2D eigenvalue weighted by Gasteiger charge is 2.43. The van der Waals surface area contributed by atoms with E-state index in [0.717, 1.165) is 31.4 Å². The van der Waals surface area contributed by atoms with E-state index in [1.165, 1.54) is 16.2 Å². The number of fused-ring (bicyclic) bond motifs is 4. The molecule has 2 atom stereocenters. The molecule has 0 saturated carbocycles. The number of likely N-dealkylation sites (N-methyl/N-ethyl adjacent to an activating group) is 1. The van der Waals surface area contributed by atoms with Crippen molar-refractivity contribution in [1.29, 1.82) is 0 Å². The van der Waals surface area contributed by atoms with Gasteiger partial charge in [-0.05, 0) is 55.6 Å². The number of urea groups is 1. The van der Waals surface area contributed by atoms with Crippen LogP contribution in [0.3, 0.4) is 0 Å². The number of benzene rings is 1. The summed E-state index contributed by atoms with van der Waals surface area (Å²) in [5.41, 5.74) is 7.81. The van der Waals surface area contributed by atoms with Gasteiger partial charge in [0.1, 0.15) is 5.00 Å². The molecule has 27 heavy (non-hydrogen) atoms. The number of thiophene rings is 1. The SMILES string of the molecule is CCN1[C@H]2CC[C@@H]1c1c(sc(NC(=O)Nc3ccc(Cl)cc3)c1C(N)=O)C2. The molecule has 142 valence electrons. The topological polar surface area (TPSA) is 87.5 Å². The van der Waals surface area contributed by atoms with Crippen molar-refractivity contribution in [2.45, 2.75) is 38.3 Å². The highest BCUT2D eigenvalue weighted by molar-refractivity contribution is 7.17. The number of hydrogen-bond acceptors (Lipinski definition) is 4. The van der Waals surface area contributed by atoms with Crippen molar-refractivity contribution >= 4 is 45.6 Å². The highest BCUT2D eigenvalue weighted by Crippen LogP contribution is 2.50. The number of hydrogen-bond donors (Lipinski definition) is 3. The molecule has 2 aliphatic rings. The molecule has 8 heteroatoms. The average Bonchev–Trinajstić information content (AvgIpc) is 3.13. The third-order valence-electron chi connectivity index (χ3n) is 5.36. The third-order valence-corrected chi connectivity index (χ3v) is 6.75. The molecular weight excluding hydrogens is 384 g/mol. The van der Waals surface area contributed by atoms with Gasteiger partial charge in [-0.2, -0.15) is 0 Å². The van der Waals surface area contributed by atoms with Crippen LogP contribution in [-0.2, 0) is 6.42 Å². The third kappa shape index (κ3) is 3.31. The zero-order valence-electron chi connectivity index (χ0n) is 14.9. The normalized spacial score (nSPS) is 21.0. The van der Waals surface area contributed by atoms with E-state index in [2.05, 4.69) is 22.5 Å². The Morgan fingerprint density at radius 1 is 1.26 bits per heavy atom. The van der Waals surface area contributed by atoms with Crippen molar-refractivity contribution in [3.8, 4) is 0 Å². The maximum atomic E-state index is 12.4. The summed E-state index contributed by atoms with van der Waals surface area (Å²) in [6.07, 6.45) is 3.07. The van der Waals surface area contributed by atoms with Crippen LogP contribution < -0.4 is 16.4 Å². The molecule has 0 aliphatic carbocycles. The Hall–Kier alpha value is -2.09. The number of nitrogens with two attached hydrogens (primary N) is 1. The number of primary amides is 1. The molecule has 4 N–H and O–H groups in total. The van der Waals surface area contributed by atoms with E-state index in [-0.39, 0.29) is 6.04 Å². The van der Waals surface area contributed by atoms with Gasteiger partial charge in [-0.3, -0.25) is 15.0 Å². The summed E-state index contributed by atoms with van der Waals surface area (Å²) in [4.78, 5) is 28.3. The first-order valence-corrected chi connectivity index (χ1v) is 10.2.